The molecule has 1 aromatic heterocycles. The zero-order valence-electron chi connectivity index (χ0n) is 14.6. The van der Waals surface area contributed by atoms with Gasteiger partial charge in [-0.1, -0.05) is 30.3 Å². The number of rotatable bonds is 6. The van der Waals surface area contributed by atoms with E-state index in [0.29, 0.717) is 17.0 Å². The van der Waals surface area contributed by atoms with E-state index in [1.807, 2.05) is 30.3 Å². The molecule has 0 saturated carbocycles. The first-order valence-electron chi connectivity index (χ1n) is 8.28. The van der Waals surface area contributed by atoms with Gasteiger partial charge in [-0.3, -0.25) is 4.79 Å². The molecule has 0 radical (unpaired) electrons. The van der Waals surface area contributed by atoms with Gasteiger partial charge in [-0.15, -0.1) is 0 Å². The Bertz CT molecular complexity index is 911. The molecule has 0 aliphatic rings. The highest BCUT2D eigenvalue weighted by Crippen LogP contribution is 2.28. The van der Waals surface area contributed by atoms with Crippen molar-refractivity contribution in [3.8, 4) is 17.0 Å². The molecule has 0 atom stereocenters. The summed E-state index contributed by atoms with van der Waals surface area (Å²) in [4.78, 5) is 28.6. The lowest BCUT2D eigenvalue weighted by molar-refractivity contribution is 0.0525. The van der Waals surface area contributed by atoms with Crippen LogP contribution in [-0.4, -0.2) is 30.5 Å². The van der Waals surface area contributed by atoms with Crippen LogP contribution in [0.15, 0.2) is 60.8 Å². The number of aromatic nitrogens is 1. The Kier molecular flexibility index (Phi) is 5.17. The van der Waals surface area contributed by atoms with Crippen molar-refractivity contribution in [1.82, 2.24) is 4.98 Å². The Morgan fingerprint density at radius 2 is 1.69 bits per heavy atom. The molecule has 2 aromatic carbocycles. The zero-order valence-corrected chi connectivity index (χ0v) is 14.6. The van der Waals surface area contributed by atoms with E-state index in [2.05, 4.69) is 4.98 Å². The van der Waals surface area contributed by atoms with Crippen LogP contribution in [0.5, 0.6) is 5.75 Å². The molecule has 3 aromatic rings. The minimum Gasteiger partial charge on any atom is -0.497 e. The summed E-state index contributed by atoms with van der Waals surface area (Å²) in [5, 5.41) is 0. The summed E-state index contributed by atoms with van der Waals surface area (Å²) >= 11 is 0. The molecule has 5 nitrogen and oxygen atoms in total. The van der Waals surface area contributed by atoms with Gasteiger partial charge in [-0.05, 0) is 36.8 Å². The predicted octanol–water partition coefficient (Wildman–Crippen LogP) is 4.10. The van der Waals surface area contributed by atoms with E-state index in [9.17, 15) is 9.59 Å². The maximum Gasteiger partial charge on any atom is 0.341 e. The molecule has 5 heteroatoms. The third-order valence-electron chi connectivity index (χ3n) is 4.02. The number of ketones is 1. The Balaban J connectivity index is 2.07. The van der Waals surface area contributed by atoms with Gasteiger partial charge in [0.2, 0.25) is 0 Å². The van der Waals surface area contributed by atoms with Crippen LogP contribution in [0.2, 0.25) is 0 Å². The number of esters is 1. The first kappa shape index (κ1) is 17.5. The highest BCUT2D eigenvalue weighted by Gasteiger charge is 2.25. The maximum absolute atomic E-state index is 13.0. The molecule has 1 N–H and O–H groups in total. The molecule has 0 aliphatic carbocycles. The number of carbonyl (C=O) groups is 2. The van der Waals surface area contributed by atoms with Crippen molar-refractivity contribution >= 4 is 11.8 Å². The van der Waals surface area contributed by atoms with Gasteiger partial charge in [0.25, 0.3) is 0 Å². The van der Waals surface area contributed by atoms with E-state index in [1.165, 1.54) is 0 Å². The van der Waals surface area contributed by atoms with Gasteiger partial charge in [0.05, 0.1) is 30.5 Å². The predicted molar refractivity (Wildman–Crippen MR) is 98.6 cm³/mol. The van der Waals surface area contributed by atoms with Crippen LogP contribution in [0.1, 0.15) is 33.2 Å². The summed E-state index contributed by atoms with van der Waals surface area (Å²) < 4.78 is 10.3. The van der Waals surface area contributed by atoms with Crippen molar-refractivity contribution < 1.29 is 19.1 Å². The number of H-pyrrole nitrogens is 1. The highest BCUT2D eigenvalue weighted by molar-refractivity contribution is 6.16. The molecule has 132 valence electrons. The van der Waals surface area contributed by atoms with E-state index in [4.69, 9.17) is 9.47 Å². The average Bonchev–Trinajstić information content (AvgIpc) is 3.13. The maximum atomic E-state index is 13.0. The van der Waals surface area contributed by atoms with Gasteiger partial charge >= 0.3 is 5.97 Å². The summed E-state index contributed by atoms with van der Waals surface area (Å²) in [6.07, 6.45) is 1.56. The SMILES string of the molecule is CCOC(=O)c1c(C(=O)c2ccc(OC)cc2)c[nH]c1-c1ccccc1. The lowest BCUT2D eigenvalue weighted by Crippen LogP contribution is -2.11. The zero-order chi connectivity index (χ0) is 18.5. The van der Waals surface area contributed by atoms with E-state index in [1.54, 1.807) is 44.5 Å². The number of methoxy groups -OCH3 is 1. The summed E-state index contributed by atoms with van der Waals surface area (Å²) in [5.41, 5.74) is 2.38. The molecule has 0 unspecified atom stereocenters. The third kappa shape index (κ3) is 3.37. The first-order valence-corrected chi connectivity index (χ1v) is 8.28. The van der Waals surface area contributed by atoms with Gasteiger partial charge < -0.3 is 14.5 Å². The summed E-state index contributed by atoms with van der Waals surface area (Å²) in [6, 6.07) is 16.1. The molecule has 3 rings (SSSR count). The van der Waals surface area contributed by atoms with Crippen molar-refractivity contribution in [3.63, 3.8) is 0 Å². The second kappa shape index (κ2) is 7.70. The Morgan fingerprint density at radius 1 is 1.00 bits per heavy atom. The summed E-state index contributed by atoms with van der Waals surface area (Å²) in [5.74, 6) is -0.121. The van der Waals surface area contributed by atoms with Crippen molar-refractivity contribution in [2.75, 3.05) is 13.7 Å². The second-order valence-corrected chi connectivity index (χ2v) is 5.60. The van der Waals surface area contributed by atoms with Crippen molar-refractivity contribution in [2.24, 2.45) is 0 Å². The second-order valence-electron chi connectivity index (χ2n) is 5.60. The topological polar surface area (TPSA) is 68.4 Å². The molecule has 0 saturated heterocycles. The van der Waals surface area contributed by atoms with E-state index in [-0.39, 0.29) is 23.5 Å². The van der Waals surface area contributed by atoms with Crippen LogP contribution in [0.4, 0.5) is 0 Å². The minimum atomic E-state index is -0.524. The number of ether oxygens (including phenoxy) is 2. The van der Waals surface area contributed by atoms with Crippen molar-refractivity contribution in [3.05, 3.63) is 77.5 Å². The van der Waals surface area contributed by atoms with Crippen LogP contribution in [-0.2, 0) is 4.74 Å². The molecule has 26 heavy (non-hydrogen) atoms. The van der Waals surface area contributed by atoms with Crippen LogP contribution < -0.4 is 4.74 Å². The lowest BCUT2D eigenvalue weighted by Gasteiger charge is -2.07. The fraction of sp³-hybridized carbons (Fsp3) is 0.143. The fourth-order valence-corrected chi connectivity index (χ4v) is 2.75. The van der Waals surface area contributed by atoms with Gasteiger partial charge in [-0.2, -0.15) is 0 Å². The summed E-state index contributed by atoms with van der Waals surface area (Å²) in [7, 11) is 1.56. The molecular weight excluding hydrogens is 330 g/mol. The average molecular weight is 349 g/mol. The van der Waals surface area contributed by atoms with Gasteiger partial charge in [0.15, 0.2) is 5.78 Å². The number of benzene rings is 2. The largest absolute Gasteiger partial charge is 0.497 e. The molecule has 0 spiro atoms. The standard InChI is InChI=1S/C21H19NO4/c1-3-26-21(24)18-17(13-22-19(18)14-7-5-4-6-8-14)20(23)15-9-11-16(25-2)12-10-15/h4-13,22H,3H2,1-2H3. The third-order valence-corrected chi connectivity index (χ3v) is 4.02. The normalized spacial score (nSPS) is 10.4. The first-order chi connectivity index (χ1) is 12.7. The minimum absolute atomic E-state index is 0.231. The number of carbonyl (C=O) groups excluding carboxylic acids is 2. The smallest absolute Gasteiger partial charge is 0.341 e. The number of hydrogen-bond donors (Lipinski definition) is 1. The van der Waals surface area contributed by atoms with Crippen LogP contribution in [0.25, 0.3) is 11.3 Å². The van der Waals surface area contributed by atoms with Crippen molar-refractivity contribution in [2.45, 2.75) is 6.92 Å². The quantitative estimate of drug-likeness (QED) is 0.537. The number of hydrogen-bond acceptors (Lipinski definition) is 4. The number of aromatic amines is 1. The number of nitrogens with one attached hydrogen (secondary N) is 1. The Morgan fingerprint density at radius 3 is 2.31 bits per heavy atom. The van der Waals surface area contributed by atoms with Crippen LogP contribution in [0.3, 0.4) is 0 Å². The fourth-order valence-electron chi connectivity index (χ4n) is 2.75. The summed E-state index contributed by atoms with van der Waals surface area (Å²) in [6.45, 7) is 1.96. The van der Waals surface area contributed by atoms with E-state index in [0.717, 1.165) is 5.56 Å². The van der Waals surface area contributed by atoms with E-state index >= 15 is 0 Å². The molecule has 0 fully saturated rings. The Labute approximate surface area is 151 Å². The van der Waals surface area contributed by atoms with Crippen molar-refractivity contribution in [1.29, 1.82) is 0 Å². The molecule has 0 amide bonds. The Hall–Kier alpha value is -3.34. The van der Waals surface area contributed by atoms with Gasteiger partial charge in [0, 0.05) is 11.8 Å². The molecule has 1 heterocycles. The lowest BCUT2D eigenvalue weighted by atomic mass is 9.99. The highest BCUT2D eigenvalue weighted by atomic mass is 16.5. The van der Waals surface area contributed by atoms with Crippen LogP contribution >= 0.6 is 0 Å². The monoisotopic (exact) mass is 349 g/mol. The van der Waals surface area contributed by atoms with Gasteiger partial charge in [0.1, 0.15) is 5.75 Å². The van der Waals surface area contributed by atoms with E-state index < -0.39 is 5.97 Å². The molecular formula is C21H19NO4. The van der Waals surface area contributed by atoms with Gasteiger partial charge in [-0.25, -0.2) is 4.79 Å². The molecule has 0 aliphatic heterocycles. The van der Waals surface area contributed by atoms with Crippen LogP contribution in [0, 0.1) is 0 Å². The molecule has 0 bridgehead atoms.